The summed E-state index contributed by atoms with van der Waals surface area (Å²) in [4.78, 5) is 10.7. The first-order valence-corrected chi connectivity index (χ1v) is 6.42. The number of hydrogen-bond donors (Lipinski definition) is 2. The van der Waals surface area contributed by atoms with Crippen molar-refractivity contribution in [3.05, 3.63) is 12.2 Å². The minimum atomic E-state index is -0.783. The standard InChI is InChI=1S/C13H24BNO2/c1-5-6-13(15-14-11(16)17)8-10(2)7-12(3,4)9-13/h14-15H,2,5-9H2,1,3-4H3,(H,16,17). The van der Waals surface area contributed by atoms with Crippen LogP contribution < -0.4 is 5.23 Å². The van der Waals surface area contributed by atoms with Crippen molar-refractivity contribution in [3.63, 3.8) is 0 Å². The van der Waals surface area contributed by atoms with Crippen molar-refractivity contribution in [2.24, 2.45) is 5.41 Å². The fourth-order valence-corrected chi connectivity index (χ4v) is 3.39. The van der Waals surface area contributed by atoms with Crippen molar-refractivity contribution in [1.29, 1.82) is 0 Å². The quantitative estimate of drug-likeness (QED) is 0.571. The maximum atomic E-state index is 10.7. The summed E-state index contributed by atoms with van der Waals surface area (Å²) in [5.41, 5.74) is 1.40. The molecule has 0 radical (unpaired) electrons. The Morgan fingerprint density at radius 2 is 2.18 bits per heavy atom. The molecule has 0 bridgehead atoms. The first kappa shape index (κ1) is 14.3. The van der Waals surface area contributed by atoms with E-state index in [0.29, 0.717) is 0 Å². The molecule has 96 valence electrons. The Morgan fingerprint density at radius 1 is 1.53 bits per heavy atom. The molecule has 0 spiro atoms. The zero-order valence-electron chi connectivity index (χ0n) is 11.3. The van der Waals surface area contributed by atoms with Crippen LogP contribution in [0.15, 0.2) is 12.2 Å². The number of rotatable bonds is 5. The van der Waals surface area contributed by atoms with Crippen LogP contribution in [0, 0.1) is 5.41 Å². The van der Waals surface area contributed by atoms with Gasteiger partial charge < -0.3 is 10.3 Å². The van der Waals surface area contributed by atoms with Gasteiger partial charge in [-0.25, -0.2) is 0 Å². The second-order valence-electron chi connectivity index (χ2n) is 6.22. The Bertz CT molecular complexity index is 315. The van der Waals surface area contributed by atoms with Gasteiger partial charge in [0.1, 0.15) is 0 Å². The third kappa shape index (κ3) is 4.19. The number of nitrogens with one attached hydrogen (secondary N) is 1. The van der Waals surface area contributed by atoms with Crippen LogP contribution in [0.4, 0.5) is 4.79 Å². The average Bonchev–Trinajstić information content (AvgIpc) is 2.12. The Kier molecular flexibility index (Phi) is 4.42. The lowest BCUT2D eigenvalue weighted by Gasteiger charge is -2.47. The molecular formula is C13H24BNO2. The van der Waals surface area contributed by atoms with E-state index in [0.717, 1.165) is 32.1 Å². The normalized spacial score (nSPS) is 27.8. The highest BCUT2D eigenvalue weighted by molar-refractivity contribution is 6.69. The molecule has 0 aromatic rings. The first-order chi connectivity index (χ1) is 7.79. The molecule has 0 amide bonds. The van der Waals surface area contributed by atoms with E-state index in [9.17, 15) is 4.79 Å². The molecule has 1 rings (SSSR count). The third-order valence-electron chi connectivity index (χ3n) is 3.48. The van der Waals surface area contributed by atoms with E-state index in [-0.39, 0.29) is 18.4 Å². The van der Waals surface area contributed by atoms with Gasteiger partial charge in [-0.05, 0) is 31.1 Å². The van der Waals surface area contributed by atoms with Gasteiger partial charge >= 0.3 is 7.41 Å². The Morgan fingerprint density at radius 3 is 2.65 bits per heavy atom. The predicted octanol–water partition coefficient (Wildman–Crippen LogP) is 2.91. The van der Waals surface area contributed by atoms with E-state index in [1.165, 1.54) is 5.57 Å². The molecule has 1 atom stereocenters. The van der Waals surface area contributed by atoms with E-state index in [2.05, 4.69) is 32.6 Å². The molecule has 0 aromatic carbocycles. The Balaban J connectivity index is 2.81. The zero-order valence-corrected chi connectivity index (χ0v) is 11.3. The summed E-state index contributed by atoms with van der Waals surface area (Å²) in [5, 5.41) is 12.1. The largest absolute Gasteiger partial charge is 0.488 e. The highest BCUT2D eigenvalue weighted by atomic mass is 16.4. The van der Waals surface area contributed by atoms with Crippen LogP contribution in [0.3, 0.4) is 0 Å². The van der Waals surface area contributed by atoms with E-state index >= 15 is 0 Å². The highest BCUT2D eigenvalue weighted by Gasteiger charge is 2.40. The summed E-state index contributed by atoms with van der Waals surface area (Å²) in [7, 11) is 0.0450. The van der Waals surface area contributed by atoms with E-state index in [1.807, 2.05) is 0 Å². The Hall–Kier alpha value is -0.765. The van der Waals surface area contributed by atoms with E-state index < -0.39 is 5.87 Å². The molecule has 0 aromatic heterocycles. The fourth-order valence-electron chi connectivity index (χ4n) is 3.39. The Labute approximate surface area is 105 Å². The van der Waals surface area contributed by atoms with Crippen molar-refractivity contribution < 1.29 is 9.90 Å². The maximum absolute atomic E-state index is 10.7. The number of carboxylic acid groups (broad SMARTS) is 1. The predicted molar refractivity (Wildman–Crippen MR) is 72.7 cm³/mol. The van der Waals surface area contributed by atoms with Gasteiger partial charge in [0.25, 0.3) is 5.87 Å². The van der Waals surface area contributed by atoms with Gasteiger partial charge in [-0.15, -0.1) is 0 Å². The van der Waals surface area contributed by atoms with Crippen LogP contribution in [0.5, 0.6) is 0 Å². The van der Waals surface area contributed by atoms with Crippen LogP contribution in [0.25, 0.3) is 0 Å². The van der Waals surface area contributed by atoms with Crippen LogP contribution >= 0.6 is 0 Å². The molecule has 1 saturated carbocycles. The van der Waals surface area contributed by atoms with Gasteiger partial charge in [-0.3, -0.25) is 4.79 Å². The molecule has 1 fully saturated rings. The summed E-state index contributed by atoms with van der Waals surface area (Å²) < 4.78 is 0. The summed E-state index contributed by atoms with van der Waals surface area (Å²) in [6.45, 7) is 10.8. The van der Waals surface area contributed by atoms with Gasteiger partial charge in [-0.1, -0.05) is 39.3 Å². The van der Waals surface area contributed by atoms with E-state index in [4.69, 9.17) is 5.11 Å². The zero-order chi connectivity index (χ0) is 13.1. The fraction of sp³-hybridized carbons (Fsp3) is 0.769. The first-order valence-electron chi connectivity index (χ1n) is 6.42. The third-order valence-corrected chi connectivity index (χ3v) is 3.48. The monoisotopic (exact) mass is 237 g/mol. The molecule has 0 heterocycles. The van der Waals surface area contributed by atoms with E-state index in [1.54, 1.807) is 0 Å². The van der Waals surface area contributed by atoms with Crippen molar-refractivity contribution in [2.75, 3.05) is 0 Å². The highest BCUT2D eigenvalue weighted by Crippen LogP contribution is 2.44. The number of carbonyl (C=O) groups is 1. The smallest absolute Gasteiger partial charge is 0.338 e. The molecule has 3 nitrogen and oxygen atoms in total. The molecule has 1 aliphatic rings. The summed E-state index contributed by atoms with van der Waals surface area (Å²) in [6, 6.07) is 0. The van der Waals surface area contributed by atoms with Crippen molar-refractivity contribution in [3.8, 4) is 0 Å². The van der Waals surface area contributed by atoms with Crippen molar-refractivity contribution in [1.82, 2.24) is 5.23 Å². The molecule has 1 unspecified atom stereocenters. The molecule has 2 N–H and O–H groups in total. The lowest BCUT2D eigenvalue weighted by molar-refractivity contribution is 0.165. The minimum absolute atomic E-state index is 0.0450. The van der Waals surface area contributed by atoms with Crippen LogP contribution in [-0.2, 0) is 0 Å². The van der Waals surface area contributed by atoms with Gasteiger partial charge in [0.05, 0.1) is 0 Å². The lowest BCUT2D eigenvalue weighted by atomic mass is 9.63. The lowest BCUT2D eigenvalue weighted by Crippen LogP contribution is -2.53. The SMILES string of the molecule is C=C1CC(C)(C)CC(CCC)(NBC(=O)O)C1. The molecular weight excluding hydrogens is 213 g/mol. The second-order valence-corrected chi connectivity index (χ2v) is 6.22. The van der Waals surface area contributed by atoms with Gasteiger partial charge in [0.15, 0.2) is 0 Å². The summed E-state index contributed by atoms with van der Waals surface area (Å²) >= 11 is 0. The topological polar surface area (TPSA) is 49.3 Å². The van der Waals surface area contributed by atoms with Crippen LogP contribution in [-0.4, -0.2) is 23.9 Å². The van der Waals surface area contributed by atoms with Crippen molar-refractivity contribution >= 4 is 13.3 Å². The molecule has 0 aliphatic heterocycles. The molecule has 1 aliphatic carbocycles. The van der Waals surface area contributed by atoms with Gasteiger partial charge in [0.2, 0.25) is 0 Å². The average molecular weight is 237 g/mol. The van der Waals surface area contributed by atoms with Gasteiger partial charge in [0, 0.05) is 5.54 Å². The van der Waals surface area contributed by atoms with Crippen LogP contribution in [0.2, 0.25) is 0 Å². The molecule has 4 heteroatoms. The summed E-state index contributed by atoms with van der Waals surface area (Å²) in [5.74, 6) is -0.783. The van der Waals surface area contributed by atoms with Gasteiger partial charge in [-0.2, -0.15) is 0 Å². The second kappa shape index (κ2) is 5.26. The molecule has 17 heavy (non-hydrogen) atoms. The molecule has 0 saturated heterocycles. The minimum Gasteiger partial charge on any atom is -0.488 e. The van der Waals surface area contributed by atoms with Crippen molar-refractivity contribution in [2.45, 2.75) is 58.4 Å². The van der Waals surface area contributed by atoms with Crippen LogP contribution in [0.1, 0.15) is 52.9 Å². The number of hydrogen-bond acceptors (Lipinski definition) is 2. The maximum Gasteiger partial charge on any atom is 0.338 e. The summed E-state index contributed by atoms with van der Waals surface area (Å²) in [6.07, 6.45) is 5.07.